The van der Waals surface area contributed by atoms with Gasteiger partial charge in [0.05, 0.1) is 12.6 Å². The van der Waals surface area contributed by atoms with Gasteiger partial charge in [-0.1, -0.05) is 49.4 Å². The van der Waals surface area contributed by atoms with Gasteiger partial charge >= 0.3 is 0 Å². The first-order chi connectivity index (χ1) is 16.4. The number of carbonyl (C=O) groups is 3. The van der Waals surface area contributed by atoms with Gasteiger partial charge < -0.3 is 21.3 Å². The summed E-state index contributed by atoms with van der Waals surface area (Å²) in [5.41, 5.74) is 4.37. The van der Waals surface area contributed by atoms with E-state index < -0.39 is 0 Å². The number of aryl methyl sites for hydroxylation is 1. The lowest BCUT2D eigenvalue weighted by atomic mass is 10.1. The first-order valence-corrected chi connectivity index (χ1v) is 11.3. The van der Waals surface area contributed by atoms with Crippen molar-refractivity contribution in [3.63, 3.8) is 0 Å². The predicted octanol–water partition coefficient (Wildman–Crippen LogP) is 4.89. The Balaban J connectivity index is 1.56. The van der Waals surface area contributed by atoms with Crippen LogP contribution in [0, 0.1) is 6.92 Å². The summed E-state index contributed by atoms with van der Waals surface area (Å²) in [6, 6.07) is 21.9. The number of benzene rings is 3. The molecule has 0 bridgehead atoms. The Labute approximate surface area is 200 Å². The van der Waals surface area contributed by atoms with Crippen LogP contribution in [0.15, 0.2) is 72.8 Å². The van der Waals surface area contributed by atoms with Gasteiger partial charge in [0.15, 0.2) is 0 Å². The number of hydrogen-bond acceptors (Lipinski definition) is 4. The minimum absolute atomic E-state index is 0.0334. The van der Waals surface area contributed by atoms with Gasteiger partial charge in [-0.05, 0) is 55.3 Å². The van der Waals surface area contributed by atoms with Crippen molar-refractivity contribution in [2.45, 2.75) is 33.2 Å². The summed E-state index contributed by atoms with van der Waals surface area (Å²) in [5, 5.41) is 11.7. The highest BCUT2D eigenvalue weighted by atomic mass is 16.2. The molecule has 176 valence electrons. The van der Waals surface area contributed by atoms with Crippen molar-refractivity contribution in [1.29, 1.82) is 0 Å². The third kappa shape index (κ3) is 6.93. The van der Waals surface area contributed by atoms with Crippen LogP contribution in [0.3, 0.4) is 0 Å². The van der Waals surface area contributed by atoms with Gasteiger partial charge in [0, 0.05) is 29.0 Å². The quantitative estimate of drug-likeness (QED) is 0.367. The van der Waals surface area contributed by atoms with Crippen LogP contribution in [0.5, 0.6) is 0 Å². The molecule has 0 aromatic heterocycles. The Morgan fingerprint density at radius 1 is 0.824 bits per heavy atom. The summed E-state index contributed by atoms with van der Waals surface area (Å²) in [4.78, 5) is 36.8. The van der Waals surface area contributed by atoms with Gasteiger partial charge in [0.1, 0.15) is 0 Å². The summed E-state index contributed by atoms with van der Waals surface area (Å²) in [7, 11) is 0. The van der Waals surface area contributed by atoms with E-state index in [1.807, 2.05) is 56.3 Å². The highest BCUT2D eigenvalue weighted by Gasteiger charge is 2.12. The first-order valence-electron chi connectivity index (χ1n) is 11.3. The number of rotatable bonds is 9. The molecule has 0 aliphatic heterocycles. The fourth-order valence-electron chi connectivity index (χ4n) is 3.34. The molecule has 0 spiro atoms. The van der Waals surface area contributed by atoms with Crippen LogP contribution >= 0.6 is 0 Å². The van der Waals surface area contributed by atoms with Crippen LogP contribution in [-0.2, 0) is 9.59 Å². The van der Waals surface area contributed by atoms with Crippen molar-refractivity contribution in [3.8, 4) is 0 Å². The van der Waals surface area contributed by atoms with Crippen LogP contribution in [0.1, 0.15) is 47.8 Å². The van der Waals surface area contributed by atoms with Crippen molar-refractivity contribution in [3.05, 3.63) is 89.5 Å². The summed E-state index contributed by atoms with van der Waals surface area (Å²) in [6.07, 6.45) is 0.391. The van der Waals surface area contributed by atoms with Crippen molar-refractivity contribution >= 4 is 34.8 Å². The van der Waals surface area contributed by atoms with Gasteiger partial charge in [-0.15, -0.1) is 0 Å². The van der Waals surface area contributed by atoms with Gasteiger partial charge in [-0.3, -0.25) is 14.4 Å². The molecular weight excluding hydrogens is 428 g/mol. The smallest absolute Gasteiger partial charge is 0.251 e. The van der Waals surface area contributed by atoms with E-state index in [-0.39, 0.29) is 30.3 Å². The SMILES string of the molecule is CCC(=O)Nc1cc(NCC(=O)Nc2cccc(C(=O)NC(C)c3ccccc3)c2)ccc1C. The predicted molar refractivity (Wildman–Crippen MR) is 136 cm³/mol. The number of carbonyl (C=O) groups excluding carboxylic acids is 3. The molecule has 4 N–H and O–H groups in total. The standard InChI is InChI=1S/C27H30N4O3/c1-4-25(32)31-24-16-22(14-13-18(24)2)28-17-26(33)30-23-12-8-11-21(15-23)27(34)29-19(3)20-9-6-5-7-10-20/h5-16,19,28H,4,17H2,1-3H3,(H,29,34)(H,30,33)(H,31,32). The summed E-state index contributed by atoms with van der Waals surface area (Å²) in [5.74, 6) is -0.540. The molecule has 0 saturated carbocycles. The zero-order chi connectivity index (χ0) is 24.5. The fourth-order valence-corrected chi connectivity index (χ4v) is 3.34. The van der Waals surface area contributed by atoms with Crippen molar-refractivity contribution < 1.29 is 14.4 Å². The number of anilines is 3. The minimum atomic E-state index is -0.255. The zero-order valence-corrected chi connectivity index (χ0v) is 19.6. The number of hydrogen-bond donors (Lipinski definition) is 4. The second-order valence-corrected chi connectivity index (χ2v) is 8.02. The molecule has 3 aromatic carbocycles. The Morgan fingerprint density at radius 2 is 1.59 bits per heavy atom. The van der Waals surface area contributed by atoms with Crippen LogP contribution in [0.2, 0.25) is 0 Å². The lowest BCUT2D eigenvalue weighted by Gasteiger charge is -2.15. The van der Waals surface area contributed by atoms with Crippen LogP contribution < -0.4 is 21.3 Å². The molecule has 1 atom stereocenters. The molecule has 0 aliphatic rings. The van der Waals surface area contributed by atoms with E-state index in [4.69, 9.17) is 0 Å². The van der Waals surface area contributed by atoms with Gasteiger partial charge in [-0.2, -0.15) is 0 Å². The molecule has 34 heavy (non-hydrogen) atoms. The average Bonchev–Trinajstić information content (AvgIpc) is 2.85. The maximum absolute atomic E-state index is 12.7. The van der Waals surface area contributed by atoms with E-state index in [2.05, 4.69) is 21.3 Å². The number of nitrogens with one attached hydrogen (secondary N) is 4. The van der Waals surface area contributed by atoms with Crippen LogP contribution in [0.4, 0.5) is 17.1 Å². The monoisotopic (exact) mass is 458 g/mol. The van der Waals surface area contributed by atoms with E-state index in [0.717, 1.165) is 16.8 Å². The molecule has 0 saturated heterocycles. The average molecular weight is 459 g/mol. The summed E-state index contributed by atoms with van der Waals surface area (Å²) < 4.78 is 0. The molecule has 0 radical (unpaired) electrons. The van der Waals surface area contributed by atoms with E-state index in [0.29, 0.717) is 23.4 Å². The summed E-state index contributed by atoms with van der Waals surface area (Å²) >= 11 is 0. The second kappa shape index (κ2) is 11.7. The maximum Gasteiger partial charge on any atom is 0.251 e. The zero-order valence-electron chi connectivity index (χ0n) is 19.6. The van der Waals surface area contributed by atoms with Crippen LogP contribution in [-0.4, -0.2) is 24.3 Å². The maximum atomic E-state index is 12.7. The largest absolute Gasteiger partial charge is 0.376 e. The second-order valence-electron chi connectivity index (χ2n) is 8.02. The molecule has 0 aliphatic carbocycles. The van der Waals surface area contributed by atoms with Crippen molar-refractivity contribution in [2.75, 3.05) is 22.5 Å². The third-order valence-electron chi connectivity index (χ3n) is 5.34. The molecule has 1 unspecified atom stereocenters. The van der Waals surface area contributed by atoms with Crippen molar-refractivity contribution in [1.82, 2.24) is 5.32 Å². The Morgan fingerprint density at radius 3 is 2.32 bits per heavy atom. The molecule has 0 fully saturated rings. The molecule has 7 heteroatoms. The van der Waals surface area contributed by atoms with Crippen LogP contribution in [0.25, 0.3) is 0 Å². The third-order valence-corrected chi connectivity index (χ3v) is 5.34. The topological polar surface area (TPSA) is 99.3 Å². The molecule has 7 nitrogen and oxygen atoms in total. The van der Waals surface area contributed by atoms with Gasteiger partial charge in [0.25, 0.3) is 5.91 Å². The molecular formula is C27H30N4O3. The Kier molecular flexibility index (Phi) is 8.40. The lowest BCUT2D eigenvalue weighted by molar-refractivity contribution is -0.116. The number of amides is 3. The molecule has 3 amide bonds. The highest BCUT2D eigenvalue weighted by molar-refractivity contribution is 5.98. The summed E-state index contributed by atoms with van der Waals surface area (Å²) in [6.45, 7) is 5.66. The van der Waals surface area contributed by atoms with E-state index in [9.17, 15) is 14.4 Å². The van der Waals surface area contributed by atoms with E-state index in [1.54, 1.807) is 37.3 Å². The minimum Gasteiger partial charge on any atom is -0.376 e. The van der Waals surface area contributed by atoms with Crippen molar-refractivity contribution in [2.24, 2.45) is 0 Å². The fraction of sp³-hybridized carbons (Fsp3) is 0.222. The highest BCUT2D eigenvalue weighted by Crippen LogP contribution is 2.20. The molecule has 3 rings (SSSR count). The Hall–Kier alpha value is -4.13. The molecule has 0 heterocycles. The molecule has 3 aromatic rings. The first kappa shape index (κ1) is 24.5. The Bertz CT molecular complexity index is 1160. The van der Waals surface area contributed by atoms with Gasteiger partial charge in [0.2, 0.25) is 11.8 Å². The normalized spacial score (nSPS) is 11.3. The van der Waals surface area contributed by atoms with E-state index >= 15 is 0 Å². The van der Waals surface area contributed by atoms with E-state index in [1.165, 1.54) is 0 Å². The lowest BCUT2D eigenvalue weighted by Crippen LogP contribution is -2.27. The van der Waals surface area contributed by atoms with Gasteiger partial charge in [-0.25, -0.2) is 0 Å².